The lowest BCUT2D eigenvalue weighted by Crippen LogP contribution is -2.44. The van der Waals surface area contributed by atoms with Crippen molar-refractivity contribution in [3.8, 4) is 0 Å². The minimum Gasteiger partial charge on any atom is -0.389 e. The maximum absolute atomic E-state index is 10.3. The first kappa shape index (κ1) is 14.8. The number of nitrogens with zero attached hydrogens (tertiary/aromatic N) is 1. The van der Waals surface area contributed by atoms with E-state index >= 15 is 0 Å². The first-order chi connectivity index (χ1) is 9.39. The van der Waals surface area contributed by atoms with Crippen LogP contribution in [0, 0.1) is 17.8 Å². The molecule has 1 N–H and O–H groups in total. The van der Waals surface area contributed by atoms with E-state index in [4.69, 9.17) is 4.74 Å². The van der Waals surface area contributed by atoms with Crippen molar-refractivity contribution in [1.29, 1.82) is 0 Å². The fourth-order valence-electron chi connectivity index (χ4n) is 4.77. The zero-order valence-corrected chi connectivity index (χ0v) is 13.3. The molecule has 2 saturated heterocycles. The molecule has 4 rings (SSSR count). The Kier molecular flexibility index (Phi) is 4.13. The fourth-order valence-corrected chi connectivity index (χ4v) is 4.77. The van der Waals surface area contributed by atoms with Crippen molar-refractivity contribution in [1.82, 2.24) is 4.90 Å². The Hall–Kier alpha value is -0.120. The molecule has 2 aliphatic carbocycles. The largest absolute Gasteiger partial charge is 0.389 e. The Morgan fingerprint density at radius 3 is 2.25 bits per heavy atom. The molecule has 0 radical (unpaired) electrons. The highest BCUT2D eigenvalue weighted by Crippen LogP contribution is 2.47. The number of aliphatic hydroxyl groups excluding tert-OH is 1. The van der Waals surface area contributed by atoms with E-state index < -0.39 is 0 Å². The Morgan fingerprint density at radius 2 is 1.65 bits per heavy atom. The lowest BCUT2D eigenvalue weighted by molar-refractivity contribution is -0.0597. The van der Waals surface area contributed by atoms with Crippen molar-refractivity contribution in [3.05, 3.63) is 0 Å². The van der Waals surface area contributed by atoms with Crippen LogP contribution in [-0.4, -0.2) is 47.4 Å². The maximum atomic E-state index is 10.3. The second-order valence-corrected chi connectivity index (χ2v) is 8.46. The van der Waals surface area contributed by atoms with Crippen LogP contribution in [0.3, 0.4) is 0 Å². The zero-order valence-electron chi connectivity index (χ0n) is 13.3. The summed E-state index contributed by atoms with van der Waals surface area (Å²) in [5.74, 6) is 2.85. The van der Waals surface area contributed by atoms with E-state index in [1.807, 2.05) is 20.8 Å². The number of rotatable bonds is 4. The van der Waals surface area contributed by atoms with Gasteiger partial charge in [-0.2, -0.15) is 0 Å². The second kappa shape index (κ2) is 5.58. The summed E-state index contributed by atoms with van der Waals surface area (Å²) < 4.78 is 5.73. The standard InChI is InChI=1S/C17H31NO2/c1-17(2,3)20-11-16(19)10-18-9-14-5-12-4-13(6-14)8-15(18)7-12/h12-16,19H,4-11H2,1-3H3. The van der Waals surface area contributed by atoms with Crippen LogP contribution in [0.15, 0.2) is 0 Å². The predicted molar refractivity (Wildman–Crippen MR) is 80.6 cm³/mol. The molecule has 0 amide bonds. The average molecular weight is 281 g/mol. The van der Waals surface area contributed by atoms with E-state index in [0.717, 1.165) is 30.3 Å². The lowest BCUT2D eigenvalue weighted by atomic mass is 9.68. The van der Waals surface area contributed by atoms with Gasteiger partial charge in [0.25, 0.3) is 0 Å². The van der Waals surface area contributed by atoms with E-state index in [1.54, 1.807) is 0 Å². The molecule has 3 unspecified atom stereocenters. The molecule has 0 aromatic heterocycles. The van der Waals surface area contributed by atoms with E-state index in [0.29, 0.717) is 6.61 Å². The van der Waals surface area contributed by atoms with Gasteiger partial charge in [-0.25, -0.2) is 0 Å². The van der Waals surface area contributed by atoms with Crippen molar-refractivity contribution < 1.29 is 9.84 Å². The van der Waals surface area contributed by atoms with Crippen LogP contribution in [0.25, 0.3) is 0 Å². The Bertz CT molecular complexity index is 324. The minimum atomic E-state index is -0.343. The molecule has 0 spiro atoms. The SMILES string of the molecule is CC(C)(C)OCC(O)CN1CC2CC3CC(C2)CC1C3. The van der Waals surface area contributed by atoms with Gasteiger partial charge in [0.15, 0.2) is 0 Å². The molecule has 3 nitrogen and oxygen atoms in total. The minimum absolute atomic E-state index is 0.155. The van der Waals surface area contributed by atoms with Gasteiger partial charge in [0.05, 0.1) is 18.3 Å². The van der Waals surface area contributed by atoms with Gasteiger partial charge in [0.2, 0.25) is 0 Å². The summed E-state index contributed by atoms with van der Waals surface area (Å²) in [6.07, 6.45) is 6.77. The van der Waals surface area contributed by atoms with Crippen molar-refractivity contribution in [2.45, 2.75) is 70.6 Å². The van der Waals surface area contributed by atoms with Gasteiger partial charge in [-0.1, -0.05) is 0 Å². The van der Waals surface area contributed by atoms with Gasteiger partial charge in [0.1, 0.15) is 0 Å². The molecule has 20 heavy (non-hydrogen) atoms. The molecule has 2 saturated carbocycles. The molecule has 2 aliphatic heterocycles. The number of aliphatic hydroxyl groups is 1. The molecule has 3 heteroatoms. The van der Waals surface area contributed by atoms with Crippen molar-refractivity contribution in [3.63, 3.8) is 0 Å². The van der Waals surface area contributed by atoms with Crippen LogP contribution in [0.4, 0.5) is 0 Å². The second-order valence-electron chi connectivity index (χ2n) is 8.46. The van der Waals surface area contributed by atoms with Crippen LogP contribution in [0.5, 0.6) is 0 Å². The smallest absolute Gasteiger partial charge is 0.0900 e. The molecular weight excluding hydrogens is 250 g/mol. The lowest BCUT2D eigenvalue weighted by Gasteiger charge is -2.39. The summed E-state index contributed by atoms with van der Waals surface area (Å²) in [7, 11) is 0. The van der Waals surface area contributed by atoms with Gasteiger partial charge < -0.3 is 9.84 Å². The summed E-state index contributed by atoms with van der Waals surface area (Å²) in [5.41, 5.74) is -0.155. The number of hydrogen-bond donors (Lipinski definition) is 1. The van der Waals surface area contributed by atoms with Gasteiger partial charge in [0, 0.05) is 19.1 Å². The molecule has 116 valence electrons. The highest BCUT2D eigenvalue weighted by atomic mass is 16.5. The van der Waals surface area contributed by atoms with Crippen LogP contribution >= 0.6 is 0 Å². The van der Waals surface area contributed by atoms with E-state index in [-0.39, 0.29) is 11.7 Å². The first-order valence-electron chi connectivity index (χ1n) is 8.45. The summed E-state index contributed by atoms with van der Waals surface area (Å²) in [5, 5.41) is 10.3. The third-order valence-electron chi connectivity index (χ3n) is 5.37. The van der Waals surface area contributed by atoms with Crippen molar-refractivity contribution >= 4 is 0 Å². The van der Waals surface area contributed by atoms with Crippen LogP contribution < -0.4 is 0 Å². The van der Waals surface area contributed by atoms with E-state index in [9.17, 15) is 5.11 Å². The van der Waals surface area contributed by atoms with Crippen molar-refractivity contribution in [2.75, 3.05) is 19.7 Å². The molecule has 4 fully saturated rings. The summed E-state index contributed by atoms with van der Waals surface area (Å²) in [6, 6.07) is 0.732. The van der Waals surface area contributed by atoms with Crippen LogP contribution in [0.2, 0.25) is 0 Å². The highest BCUT2D eigenvalue weighted by molar-refractivity contribution is 4.96. The molecule has 4 aliphatic rings. The van der Waals surface area contributed by atoms with Gasteiger partial charge in [-0.05, 0) is 70.6 Å². The number of fused-ring (bicyclic) bond motifs is 1. The molecule has 0 aromatic carbocycles. The summed E-state index contributed by atoms with van der Waals surface area (Å²) >= 11 is 0. The molecular formula is C17H31NO2. The molecule has 2 heterocycles. The zero-order chi connectivity index (χ0) is 14.3. The topological polar surface area (TPSA) is 32.7 Å². The number of hydrogen-bond acceptors (Lipinski definition) is 3. The Morgan fingerprint density at radius 1 is 1.05 bits per heavy atom. The predicted octanol–water partition coefficient (Wildman–Crippen LogP) is 2.67. The maximum Gasteiger partial charge on any atom is 0.0900 e. The third-order valence-corrected chi connectivity index (χ3v) is 5.37. The van der Waals surface area contributed by atoms with E-state index in [1.165, 1.54) is 38.6 Å². The van der Waals surface area contributed by atoms with Crippen molar-refractivity contribution in [2.24, 2.45) is 17.8 Å². The first-order valence-corrected chi connectivity index (χ1v) is 8.45. The summed E-state index contributed by atoms with van der Waals surface area (Å²) in [6.45, 7) is 8.62. The quantitative estimate of drug-likeness (QED) is 0.860. The van der Waals surface area contributed by atoms with Gasteiger partial charge in [-0.15, -0.1) is 0 Å². The summed E-state index contributed by atoms with van der Waals surface area (Å²) in [4.78, 5) is 2.58. The third kappa shape index (κ3) is 3.55. The molecule has 4 bridgehead atoms. The fraction of sp³-hybridized carbons (Fsp3) is 1.00. The number of ether oxygens (including phenoxy) is 1. The Labute approximate surface area is 123 Å². The van der Waals surface area contributed by atoms with Crippen LogP contribution in [0.1, 0.15) is 52.9 Å². The normalized spacial score (nSPS) is 39.0. The highest BCUT2D eigenvalue weighted by Gasteiger charge is 2.42. The average Bonchev–Trinajstić information content (AvgIpc) is 2.50. The molecule has 0 aromatic rings. The van der Waals surface area contributed by atoms with Gasteiger partial charge in [-0.3, -0.25) is 4.90 Å². The Balaban J connectivity index is 1.55. The van der Waals surface area contributed by atoms with Crippen LogP contribution in [-0.2, 0) is 4.74 Å². The monoisotopic (exact) mass is 281 g/mol. The molecule has 3 atom stereocenters. The van der Waals surface area contributed by atoms with Gasteiger partial charge >= 0.3 is 0 Å². The van der Waals surface area contributed by atoms with E-state index in [2.05, 4.69) is 4.90 Å².